The van der Waals surface area contributed by atoms with Crippen LogP contribution in [0.2, 0.25) is 0 Å². The Morgan fingerprint density at radius 3 is 1.74 bits per heavy atom. The molecule has 3 heteroatoms. The van der Waals surface area contributed by atoms with Gasteiger partial charge in [0.2, 0.25) is 0 Å². The van der Waals surface area contributed by atoms with Gasteiger partial charge in [0.15, 0.2) is 0 Å². The van der Waals surface area contributed by atoms with Crippen molar-refractivity contribution in [2.24, 2.45) is 0 Å². The first kappa shape index (κ1) is 18.8. The first-order chi connectivity index (χ1) is 9.18. The molecule has 0 rings (SSSR count). The van der Waals surface area contributed by atoms with Gasteiger partial charge in [-0.3, -0.25) is 4.79 Å². The molecule has 114 valence electrons. The SMILES string of the molecule is CCCCCCCCCCCCCOC(=O)C(C)S. The van der Waals surface area contributed by atoms with Crippen molar-refractivity contribution in [3.05, 3.63) is 0 Å². The number of carbonyl (C=O) groups is 1. The summed E-state index contributed by atoms with van der Waals surface area (Å²) >= 11 is 4.03. The molecular weight excluding hydrogens is 256 g/mol. The molecule has 0 amide bonds. The first-order valence-corrected chi connectivity index (χ1v) is 8.54. The number of esters is 1. The van der Waals surface area contributed by atoms with E-state index in [0.717, 1.165) is 6.42 Å². The second-order valence-corrected chi connectivity index (χ2v) is 6.15. The third kappa shape index (κ3) is 14.0. The average molecular weight is 288 g/mol. The maximum absolute atomic E-state index is 11.1. The van der Waals surface area contributed by atoms with Gasteiger partial charge in [0.05, 0.1) is 11.9 Å². The highest BCUT2D eigenvalue weighted by atomic mass is 32.1. The maximum atomic E-state index is 11.1. The van der Waals surface area contributed by atoms with Crippen molar-refractivity contribution in [3.63, 3.8) is 0 Å². The third-order valence-corrected chi connectivity index (χ3v) is 3.54. The smallest absolute Gasteiger partial charge is 0.318 e. The number of hydrogen-bond donors (Lipinski definition) is 1. The van der Waals surface area contributed by atoms with Crippen molar-refractivity contribution in [2.75, 3.05) is 6.61 Å². The second-order valence-electron chi connectivity index (χ2n) is 5.38. The zero-order chi connectivity index (χ0) is 14.3. The largest absolute Gasteiger partial charge is 0.465 e. The van der Waals surface area contributed by atoms with Crippen LogP contribution in [0.3, 0.4) is 0 Å². The van der Waals surface area contributed by atoms with E-state index in [1.54, 1.807) is 6.92 Å². The first-order valence-electron chi connectivity index (χ1n) is 8.03. The van der Waals surface area contributed by atoms with Gasteiger partial charge in [-0.15, -0.1) is 0 Å². The Hall–Kier alpha value is -0.180. The number of carbonyl (C=O) groups excluding carboxylic acids is 1. The van der Waals surface area contributed by atoms with Crippen molar-refractivity contribution >= 4 is 18.6 Å². The molecule has 0 radical (unpaired) electrons. The molecule has 0 bridgehead atoms. The summed E-state index contributed by atoms with van der Waals surface area (Å²) in [7, 11) is 0. The lowest BCUT2D eigenvalue weighted by Gasteiger charge is -2.06. The summed E-state index contributed by atoms with van der Waals surface area (Å²) in [4.78, 5) is 11.1. The lowest BCUT2D eigenvalue weighted by atomic mass is 10.1. The summed E-state index contributed by atoms with van der Waals surface area (Å²) in [5.41, 5.74) is 0. The Labute approximate surface area is 125 Å². The van der Waals surface area contributed by atoms with Crippen LogP contribution in [0.25, 0.3) is 0 Å². The van der Waals surface area contributed by atoms with E-state index in [-0.39, 0.29) is 11.2 Å². The van der Waals surface area contributed by atoms with E-state index in [4.69, 9.17) is 4.74 Å². The summed E-state index contributed by atoms with van der Waals surface area (Å²) < 4.78 is 5.07. The predicted molar refractivity (Wildman–Crippen MR) is 85.9 cm³/mol. The van der Waals surface area contributed by atoms with Crippen molar-refractivity contribution in [1.29, 1.82) is 0 Å². The minimum absolute atomic E-state index is 0.199. The monoisotopic (exact) mass is 288 g/mol. The molecule has 2 nitrogen and oxygen atoms in total. The molecule has 1 unspecified atom stereocenters. The number of ether oxygens (including phenoxy) is 1. The fraction of sp³-hybridized carbons (Fsp3) is 0.938. The molecule has 1 atom stereocenters. The molecule has 19 heavy (non-hydrogen) atoms. The van der Waals surface area contributed by atoms with Crippen molar-refractivity contribution in [3.8, 4) is 0 Å². The Kier molecular flexibility index (Phi) is 14.1. The Bertz CT molecular complexity index is 205. The highest BCUT2D eigenvalue weighted by Crippen LogP contribution is 2.11. The molecule has 0 heterocycles. The fourth-order valence-electron chi connectivity index (χ4n) is 2.06. The number of hydrogen-bond acceptors (Lipinski definition) is 3. The van der Waals surface area contributed by atoms with Crippen LogP contribution in [0, 0.1) is 0 Å². The third-order valence-electron chi connectivity index (χ3n) is 3.33. The molecule has 0 spiro atoms. The highest BCUT2D eigenvalue weighted by Gasteiger charge is 2.07. The second kappa shape index (κ2) is 14.2. The Morgan fingerprint density at radius 2 is 1.32 bits per heavy atom. The molecule has 0 fully saturated rings. The van der Waals surface area contributed by atoms with Gasteiger partial charge < -0.3 is 4.74 Å². The van der Waals surface area contributed by atoms with Crippen LogP contribution in [0.5, 0.6) is 0 Å². The van der Waals surface area contributed by atoms with E-state index in [9.17, 15) is 4.79 Å². The van der Waals surface area contributed by atoms with Crippen LogP contribution in [0.15, 0.2) is 0 Å². The van der Waals surface area contributed by atoms with Crippen LogP contribution < -0.4 is 0 Å². The molecular formula is C16H32O2S. The van der Waals surface area contributed by atoms with Gasteiger partial charge in [-0.25, -0.2) is 0 Å². The summed E-state index contributed by atoms with van der Waals surface area (Å²) in [6.45, 7) is 4.56. The average Bonchev–Trinajstić information content (AvgIpc) is 2.39. The van der Waals surface area contributed by atoms with Gasteiger partial charge in [-0.1, -0.05) is 71.1 Å². The Balaban J connectivity index is 3.05. The Morgan fingerprint density at radius 1 is 0.895 bits per heavy atom. The molecule has 0 saturated carbocycles. The minimum Gasteiger partial charge on any atom is -0.465 e. The number of thiol groups is 1. The van der Waals surface area contributed by atoms with Crippen LogP contribution in [-0.2, 0) is 9.53 Å². The van der Waals surface area contributed by atoms with Gasteiger partial charge in [0, 0.05) is 0 Å². The topological polar surface area (TPSA) is 26.3 Å². The van der Waals surface area contributed by atoms with Gasteiger partial charge in [-0.05, 0) is 13.3 Å². The van der Waals surface area contributed by atoms with E-state index in [2.05, 4.69) is 19.6 Å². The van der Waals surface area contributed by atoms with E-state index in [1.807, 2.05) is 0 Å². The molecule has 0 aliphatic carbocycles. The molecule has 0 N–H and O–H groups in total. The van der Waals surface area contributed by atoms with Crippen LogP contribution >= 0.6 is 12.6 Å². The molecule has 0 aliphatic heterocycles. The fourth-order valence-corrected chi connectivity index (χ4v) is 2.13. The highest BCUT2D eigenvalue weighted by molar-refractivity contribution is 7.81. The summed E-state index contributed by atoms with van der Waals surface area (Å²) in [5, 5.41) is -0.298. The van der Waals surface area contributed by atoms with E-state index >= 15 is 0 Å². The summed E-state index contributed by atoms with van der Waals surface area (Å²) in [6, 6.07) is 0. The lowest BCUT2D eigenvalue weighted by Crippen LogP contribution is -2.15. The quantitative estimate of drug-likeness (QED) is 0.288. The molecule has 0 aromatic carbocycles. The zero-order valence-corrected chi connectivity index (χ0v) is 13.7. The van der Waals surface area contributed by atoms with Gasteiger partial charge in [-0.2, -0.15) is 12.6 Å². The van der Waals surface area contributed by atoms with E-state index < -0.39 is 0 Å². The minimum atomic E-state index is -0.298. The summed E-state index contributed by atoms with van der Waals surface area (Å²) in [5.74, 6) is -0.199. The predicted octanol–water partition coefficient (Wildman–Crippen LogP) is 5.16. The molecule has 0 aliphatic rings. The van der Waals surface area contributed by atoms with E-state index in [0.29, 0.717) is 6.61 Å². The normalized spacial score (nSPS) is 12.4. The van der Waals surface area contributed by atoms with Crippen LogP contribution in [0.1, 0.15) is 84.5 Å². The van der Waals surface area contributed by atoms with Crippen molar-refractivity contribution in [1.82, 2.24) is 0 Å². The molecule has 0 saturated heterocycles. The maximum Gasteiger partial charge on any atom is 0.318 e. The van der Waals surface area contributed by atoms with Gasteiger partial charge in [0.25, 0.3) is 0 Å². The van der Waals surface area contributed by atoms with Crippen molar-refractivity contribution in [2.45, 2.75) is 89.7 Å². The van der Waals surface area contributed by atoms with Crippen molar-refractivity contribution < 1.29 is 9.53 Å². The number of rotatable bonds is 13. The van der Waals surface area contributed by atoms with Crippen LogP contribution in [-0.4, -0.2) is 17.8 Å². The summed E-state index contributed by atoms with van der Waals surface area (Å²) in [6.07, 6.45) is 14.4. The number of unbranched alkanes of at least 4 members (excludes halogenated alkanes) is 10. The zero-order valence-electron chi connectivity index (χ0n) is 12.8. The molecule has 0 aromatic heterocycles. The standard InChI is InChI=1S/C16H32O2S/c1-3-4-5-6-7-8-9-10-11-12-13-14-18-16(17)15(2)19/h15,19H,3-14H2,1-2H3. The van der Waals surface area contributed by atoms with E-state index in [1.165, 1.54) is 64.2 Å². The lowest BCUT2D eigenvalue weighted by molar-refractivity contribution is -0.142. The van der Waals surface area contributed by atoms with Gasteiger partial charge >= 0.3 is 5.97 Å². The van der Waals surface area contributed by atoms with Crippen LogP contribution in [0.4, 0.5) is 0 Å². The molecule has 0 aromatic rings. The van der Waals surface area contributed by atoms with Gasteiger partial charge in [0.1, 0.15) is 0 Å².